The van der Waals surface area contributed by atoms with E-state index < -0.39 is 0 Å². The van der Waals surface area contributed by atoms with Crippen LogP contribution in [0, 0.1) is 0 Å². The maximum atomic E-state index is 11.6. The van der Waals surface area contributed by atoms with Crippen molar-refractivity contribution < 1.29 is 4.79 Å². The zero-order chi connectivity index (χ0) is 13.0. The summed E-state index contributed by atoms with van der Waals surface area (Å²) in [6.45, 7) is 6.45. The van der Waals surface area contributed by atoms with Gasteiger partial charge >= 0.3 is 0 Å². The maximum Gasteiger partial charge on any atom is 0.230 e. The van der Waals surface area contributed by atoms with Crippen LogP contribution in [0.4, 0.5) is 0 Å². The number of carbonyl (C=O) groups excluding carboxylic acids is 1. The van der Waals surface area contributed by atoms with Gasteiger partial charge in [-0.25, -0.2) is 0 Å². The minimum Gasteiger partial charge on any atom is -0.353 e. The molecule has 0 unspecified atom stereocenters. The number of aromatic nitrogens is 3. The van der Waals surface area contributed by atoms with E-state index in [1.165, 1.54) is 11.8 Å². The molecule has 1 aromatic rings. The van der Waals surface area contributed by atoms with Gasteiger partial charge in [-0.2, -0.15) is 0 Å². The smallest absolute Gasteiger partial charge is 0.230 e. The summed E-state index contributed by atoms with van der Waals surface area (Å²) in [6.07, 6.45) is 4.87. The van der Waals surface area contributed by atoms with Gasteiger partial charge in [0.25, 0.3) is 0 Å². The molecule has 0 spiro atoms. The van der Waals surface area contributed by atoms with E-state index in [1.54, 1.807) is 0 Å². The number of amides is 1. The van der Waals surface area contributed by atoms with Crippen molar-refractivity contribution in [3.05, 3.63) is 18.5 Å². The summed E-state index contributed by atoms with van der Waals surface area (Å²) in [6, 6.07) is 0.412. The van der Waals surface area contributed by atoms with Crippen LogP contribution in [-0.2, 0) is 17.8 Å². The van der Waals surface area contributed by atoms with E-state index in [2.05, 4.69) is 22.1 Å². The Bertz CT molecular complexity index is 439. The molecule has 1 saturated carbocycles. The van der Waals surface area contributed by atoms with E-state index in [0.717, 1.165) is 30.2 Å². The Kier molecular flexibility index (Phi) is 4.41. The average Bonchev–Trinajstić information content (AvgIpc) is 3.08. The van der Waals surface area contributed by atoms with Gasteiger partial charge in [-0.3, -0.25) is 4.79 Å². The first kappa shape index (κ1) is 13.1. The summed E-state index contributed by atoms with van der Waals surface area (Å²) in [5.74, 6) is 1.41. The highest BCUT2D eigenvalue weighted by molar-refractivity contribution is 7.99. The van der Waals surface area contributed by atoms with Gasteiger partial charge in [-0.1, -0.05) is 24.8 Å². The SMILES string of the molecule is C=CCn1c(CC)nnc1SCC(=O)NC1CC1. The third-order valence-electron chi connectivity index (χ3n) is 2.70. The summed E-state index contributed by atoms with van der Waals surface area (Å²) in [5.41, 5.74) is 0. The number of nitrogens with zero attached hydrogens (tertiary/aromatic N) is 3. The highest BCUT2D eigenvalue weighted by Crippen LogP contribution is 2.20. The van der Waals surface area contributed by atoms with Crippen LogP contribution in [0.2, 0.25) is 0 Å². The first-order chi connectivity index (χ1) is 8.74. The third-order valence-corrected chi connectivity index (χ3v) is 3.66. The van der Waals surface area contributed by atoms with E-state index in [9.17, 15) is 4.79 Å². The number of hydrogen-bond donors (Lipinski definition) is 1. The molecule has 6 heteroatoms. The minimum atomic E-state index is 0.0775. The van der Waals surface area contributed by atoms with Gasteiger partial charge in [0.2, 0.25) is 5.91 Å². The lowest BCUT2D eigenvalue weighted by atomic mass is 10.4. The second-order valence-corrected chi connectivity index (χ2v) is 5.22. The molecule has 1 amide bonds. The van der Waals surface area contributed by atoms with Crippen molar-refractivity contribution in [1.29, 1.82) is 0 Å². The number of thioether (sulfide) groups is 1. The molecule has 0 atom stereocenters. The van der Waals surface area contributed by atoms with Crippen molar-refractivity contribution in [1.82, 2.24) is 20.1 Å². The molecule has 5 nitrogen and oxygen atoms in total. The van der Waals surface area contributed by atoms with E-state index in [1.807, 2.05) is 17.6 Å². The molecule has 18 heavy (non-hydrogen) atoms. The minimum absolute atomic E-state index is 0.0775. The molecule has 0 radical (unpaired) electrons. The fourth-order valence-electron chi connectivity index (χ4n) is 1.63. The Morgan fingerprint density at radius 1 is 1.61 bits per heavy atom. The fourth-order valence-corrected chi connectivity index (χ4v) is 2.40. The van der Waals surface area contributed by atoms with Crippen LogP contribution in [0.3, 0.4) is 0 Å². The van der Waals surface area contributed by atoms with Crippen molar-refractivity contribution in [2.45, 2.75) is 43.9 Å². The molecule has 0 aliphatic heterocycles. The van der Waals surface area contributed by atoms with E-state index in [4.69, 9.17) is 0 Å². The van der Waals surface area contributed by atoms with Crippen LogP contribution < -0.4 is 5.32 Å². The molecule has 1 fully saturated rings. The van der Waals surface area contributed by atoms with Gasteiger partial charge < -0.3 is 9.88 Å². The zero-order valence-corrected chi connectivity index (χ0v) is 11.4. The summed E-state index contributed by atoms with van der Waals surface area (Å²) >= 11 is 1.43. The van der Waals surface area contributed by atoms with Crippen LogP contribution in [0.25, 0.3) is 0 Å². The van der Waals surface area contributed by atoms with Crippen LogP contribution in [0.1, 0.15) is 25.6 Å². The standard InChI is InChI=1S/C12H18N4OS/c1-3-7-16-10(4-2)14-15-12(16)18-8-11(17)13-9-5-6-9/h3,9H,1,4-8H2,2H3,(H,13,17). The number of rotatable bonds is 7. The fraction of sp³-hybridized carbons (Fsp3) is 0.583. The molecule has 0 bridgehead atoms. The molecule has 1 N–H and O–H groups in total. The quantitative estimate of drug-likeness (QED) is 0.598. The van der Waals surface area contributed by atoms with Crippen molar-refractivity contribution in [3.63, 3.8) is 0 Å². The van der Waals surface area contributed by atoms with Gasteiger partial charge in [0.15, 0.2) is 5.16 Å². The second kappa shape index (κ2) is 6.04. The van der Waals surface area contributed by atoms with Gasteiger partial charge in [0, 0.05) is 19.0 Å². The molecule has 0 saturated heterocycles. The number of aryl methyl sites for hydroxylation is 1. The largest absolute Gasteiger partial charge is 0.353 e. The van der Waals surface area contributed by atoms with Crippen molar-refractivity contribution >= 4 is 17.7 Å². The highest BCUT2D eigenvalue weighted by Gasteiger charge is 2.23. The normalized spacial score (nSPS) is 14.5. The summed E-state index contributed by atoms with van der Waals surface area (Å²) in [5, 5.41) is 12.0. The monoisotopic (exact) mass is 266 g/mol. The first-order valence-corrected chi connectivity index (χ1v) is 7.18. The lowest BCUT2D eigenvalue weighted by molar-refractivity contribution is -0.118. The first-order valence-electron chi connectivity index (χ1n) is 6.19. The Morgan fingerprint density at radius 2 is 2.39 bits per heavy atom. The zero-order valence-electron chi connectivity index (χ0n) is 10.6. The second-order valence-electron chi connectivity index (χ2n) is 4.28. The van der Waals surface area contributed by atoms with Crippen LogP contribution in [0.15, 0.2) is 17.8 Å². The molecule has 1 heterocycles. The molecule has 1 aliphatic carbocycles. The van der Waals surface area contributed by atoms with Gasteiger partial charge in [0.1, 0.15) is 5.82 Å². The summed E-state index contributed by atoms with van der Waals surface area (Å²) in [7, 11) is 0. The average molecular weight is 266 g/mol. The van der Waals surface area contributed by atoms with E-state index >= 15 is 0 Å². The van der Waals surface area contributed by atoms with Crippen LogP contribution >= 0.6 is 11.8 Å². The number of hydrogen-bond acceptors (Lipinski definition) is 4. The molecule has 2 rings (SSSR count). The van der Waals surface area contributed by atoms with E-state index in [-0.39, 0.29) is 5.91 Å². The maximum absolute atomic E-state index is 11.6. The topological polar surface area (TPSA) is 59.8 Å². The van der Waals surface area contributed by atoms with Gasteiger partial charge in [-0.15, -0.1) is 16.8 Å². The van der Waals surface area contributed by atoms with Gasteiger partial charge in [-0.05, 0) is 12.8 Å². The lowest BCUT2D eigenvalue weighted by Gasteiger charge is -2.06. The molecular weight excluding hydrogens is 248 g/mol. The van der Waals surface area contributed by atoms with E-state index in [0.29, 0.717) is 18.3 Å². The Hall–Kier alpha value is -1.30. The summed E-state index contributed by atoms with van der Waals surface area (Å²) < 4.78 is 2.00. The highest BCUT2D eigenvalue weighted by atomic mass is 32.2. The molecular formula is C12H18N4OS. The number of allylic oxidation sites excluding steroid dienone is 1. The number of carbonyl (C=O) groups is 1. The lowest BCUT2D eigenvalue weighted by Crippen LogP contribution is -2.27. The number of nitrogens with one attached hydrogen (secondary N) is 1. The predicted octanol–water partition coefficient (Wildman–Crippen LogP) is 1.40. The molecule has 98 valence electrons. The van der Waals surface area contributed by atoms with Crippen LogP contribution in [0.5, 0.6) is 0 Å². The van der Waals surface area contributed by atoms with Crippen molar-refractivity contribution in [2.75, 3.05) is 5.75 Å². The van der Waals surface area contributed by atoms with Crippen molar-refractivity contribution in [3.8, 4) is 0 Å². The molecule has 0 aromatic carbocycles. The molecule has 1 aromatic heterocycles. The predicted molar refractivity (Wildman–Crippen MR) is 71.5 cm³/mol. The molecule has 1 aliphatic rings. The third kappa shape index (κ3) is 3.35. The van der Waals surface area contributed by atoms with Gasteiger partial charge in [0.05, 0.1) is 5.75 Å². The Morgan fingerprint density at radius 3 is 3.00 bits per heavy atom. The summed E-state index contributed by atoms with van der Waals surface area (Å²) in [4.78, 5) is 11.6. The Labute approximate surface area is 111 Å². The Balaban J connectivity index is 1.92. The van der Waals surface area contributed by atoms with Crippen LogP contribution in [-0.4, -0.2) is 32.5 Å². The van der Waals surface area contributed by atoms with Crippen molar-refractivity contribution in [2.24, 2.45) is 0 Å².